The van der Waals surface area contributed by atoms with E-state index in [1.54, 1.807) is 27.9 Å². The van der Waals surface area contributed by atoms with Crippen molar-refractivity contribution in [3.05, 3.63) is 74.5 Å². The fourth-order valence-electron chi connectivity index (χ4n) is 6.20. The van der Waals surface area contributed by atoms with Crippen molar-refractivity contribution in [3.8, 4) is 5.69 Å². The van der Waals surface area contributed by atoms with Gasteiger partial charge < -0.3 is 10.2 Å². The normalized spacial score (nSPS) is 24.3. The molecule has 41 heavy (non-hydrogen) atoms. The summed E-state index contributed by atoms with van der Waals surface area (Å²) in [5, 5.41) is 12.5. The van der Waals surface area contributed by atoms with Crippen LogP contribution in [0.3, 0.4) is 0 Å². The lowest BCUT2D eigenvalue weighted by Crippen LogP contribution is -2.59. The zero-order valence-electron chi connectivity index (χ0n) is 22.5. The van der Waals surface area contributed by atoms with Crippen molar-refractivity contribution in [2.75, 3.05) is 19.6 Å². The molecule has 1 aliphatic carbocycles. The molecule has 3 aliphatic rings. The molecule has 2 fully saturated rings. The van der Waals surface area contributed by atoms with Crippen LogP contribution < -0.4 is 5.32 Å². The molecule has 1 spiro atoms. The third-order valence-corrected chi connectivity index (χ3v) is 9.32. The molecule has 214 valence electrons. The second-order valence-corrected chi connectivity index (χ2v) is 12.1. The van der Waals surface area contributed by atoms with Crippen molar-refractivity contribution >= 4 is 52.6 Å². The molecule has 2 saturated heterocycles. The number of nitrogens with zero attached hydrogens (tertiary/aromatic N) is 6. The standard InChI is InChI=1S/C28H28Cl3N7O3/c1-16-11-35(25(39)15-37-26(40)28(32-27(37)41)8-7-18-5-3-4-6-20(18)28)12-17(2)36(16)13-19-14-38(34-33-19)24-10-22(30)21(29)9-23(24)31/h3-6,9-10,14,16-17H,7-8,11-13,15H2,1-2H3,(H,32,41)/t16-,17+,28?. The molecule has 3 aromatic rings. The molecule has 13 heteroatoms. The molecule has 0 radical (unpaired) electrons. The van der Waals surface area contributed by atoms with Gasteiger partial charge in [-0.25, -0.2) is 9.48 Å². The quantitative estimate of drug-likeness (QED) is 0.343. The first-order valence-electron chi connectivity index (χ1n) is 13.4. The van der Waals surface area contributed by atoms with Gasteiger partial charge in [0.15, 0.2) is 0 Å². The van der Waals surface area contributed by atoms with E-state index in [0.717, 1.165) is 21.7 Å². The number of hydrogen-bond acceptors (Lipinski definition) is 6. The van der Waals surface area contributed by atoms with Crippen LogP contribution in [0, 0.1) is 0 Å². The van der Waals surface area contributed by atoms with E-state index in [-0.39, 0.29) is 30.4 Å². The average Bonchev–Trinajstić information content (AvgIpc) is 3.62. The van der Waals surface area contributed by atoms with Gasteiger partial charge in [-0.15, -0.1) is 5.10 Å². The summed E-state index contributed by atoms with van der Waals surface area (Å²) >= 11 is 18.5. The predicted molar refractivity (Wildman–Crippen MR) is 154 cm³/mol. The molecule has 10 nitrogen and oxygen atoms in total. The van der Waals surface area contributed by atoms with Crippen LogP contribution in [0.2, 0.25) is 15.1 Å². The number of urea groups is 1. The van der Waals surface area contributed by atoms with Gasteiger partial charge in [-0.2, -0.15) is 0 Å². The molecule has 1 unspecified atom stereocenters. The van der Waals surface area contributed by atoms with Gasteiger partial charge in [-0.05, 0) is 49.9 Å². The predicted octanol–water partition coefficient (Wildman–Crippen LogP) is 4.04. The van der Waals surface area contributed by atoms with Crippen LogP contribution in [-0.2, 0) is 28.1 Å². The molecular weight excluding hydrogens is 589 g/mol. The summed E-state index contributed by atoms with van der Waals surface area (Å²) in [5.41, 5.74) is 2.09. The Morgan fingerprint density at radius 2 is 1.76 bits per heavy atom. The fourth-order valence-corrected chi connectivity index (χ4v) is 6.83. The Kier molecular flexibility index (Phi) is 7.22. The highest BCUT2D eigenvalue weighted by atomic mass is 35.5. The van der Waals surface area contributed by atoms with Gasteiger partial charge in [0.1, 0.15) is 12.1 Å². The summed E-state index contributed by atoms with van der Waals surface area (Å²) in [5.74, 6) is -0.610. The lowest BCUT2D eigenvalue weighted by atomic mass is 9.92. The molecule has 0 bridgehead atoms. The van der Waals surface area contributed by atoms with E-state index in [9.17, 15) is 14.4 Å². The maximum absolute atomic E-state index is 13.5. The van der Waals surface area contributed by atoms with Gasteiger partial charge in [0.2, 0.25) is 5.91 Å². The van der Waals surface area contributed by atoms with Crippen LogP contribution >= 0.6 is 34.8 Å². The van der Waals surface area contributed by atoms with Crippen LogP contribution in [0.1, 0.15) is 37.1 Å². The molecule has 2 aromatic carbocycles. The number of nitrogens with one attached hydrogen (secondary N) is 1. The second kappa shape index (κ2) is 10.6. The van der Waals surface area contributed by atoms with Gasteiger partial charge in [0, 0.05) is 31.7 Å². The first kappa shape index (κ1) is 28.0. The Labute approximate surface area is 252 Å². The van der Waals surface area contributed by atoms with Crippen molar-refractivity contribution in [2.45, 2.75) is 50.9 Å². The Morgan fingerprint density at radius 3 is 2.51 bits per heavy atom. The second-order valence-electron chi connectivity index (χ2n) is 10.9. The average molecular weight is 617 g/mol. The Hall–Kier alpha value is -3.18. The number of halogens is 3. The van der Waals surface area contributed by atoms with Gasteiger partial charge >= 0.3 is 6.03 Å². The van der Waals surface area contributed by atoms with Crippen LogP contribution in [0.4, 0.5) is 4.79 Å². The minimum absolute atomic E-state index is 0.00225. The Balaban J connectivity index is 1.10. The number of carbonyl (C=O) groups is 3. The molecule has 1 aromatic heterocycles. The molecule has 3 atom stereocenters. The molecule has 3 heterocycles. The smallest absolute Gasteiger partial charge is 0.325 e. The summed E-state index contributed by atoms with van der Waals surface area (Å²) < 4.78 is 1.56. The number of imide groups is 1. The minimum atomic E-state index is -1.08. The summed E-state index contributed by atoms with van der Waals surface area (Å²) in [6, 6.07) is 10.3. The molecule has 0 saturated carbocycles. The minimum Gasteiger partial charge on any atom is -0.338 e. The van der Waals surface area contributed by atoms with Crippen molar-refractivity contribution in [1.29, 1.82) is 0 Å². The van der Waals surface area contributed by atoms with Crippen LogP contribution in [0.25, 0.3) is 5.69 Å². The number of aryl methyl sites for hydroxylation is 1. The number of fused-ring (bicyclic) bond motifs is 2. The van der Waals surface area contributed by atoms with E-state index in [1.807, 2.05) is 38.1 Å². The van der Waals surface area contributed by atoms with Crippen molar-refractivity contribution < 1.29 is 14.4 Å². The number of piperazine rings is 1. The molecular formula is C28H28Cl3N7O3. The van der Waals surface area contributed by atoms with Gasteiger partial charge in [0.05, 0.1) is 32.6 Å². The van der Waals surface area contributed by atoms with E-state index in [1.165, 1.54) is 0 Å². The van der Waals surface area contributed by atoms with E-state index < -0.39 is 11.6 Å². The maximum atomic E-state index is 13.5. The summed E-state index contributed by atoms with van der Waals surface area (Å²) in [7, 11) is 0. The molecule has 4 amide bonds. The van der Waals surface area contributed by atoms with Crippen LogP contribution in [0.5, 0.6) is 0 Å². The lowest BCUT2D eigenvalue weighted by Gasteiger charge is -2.44. The number of carbonyl (C=O) groups excluding carboxylic acids is 3. The van der Waals surface area contributed by atoms with Gasteiger partial charge in [-0.1, -0.05) is 64.3 Å². The number of hydrogen-bond donors (Lipinski definition) is 1. The SMILES string of the molecule is C[C@@H]1CN(C(=O)CN2C(=O)NC3(CCc4ccccc43)C2=O)C[C@H](C)N1Cc1cn(-c2cc(Cl)c(Cl)cc2Cl)nn1. The summed E-state index contributed by atoms with van der Waals surface area (Å²) in [6.07, 6.45) is 2.99. The maximum Gasteiger partial charge on any atom is 0.325 e. The lowest BCUT2D eigenvalue weighted by molar-refractivity contribution is -0.141. The van der Waals surface area contributed by atoms with E-state index in [2.05, 4.69) is 20.5 Å². The van der Waals surface area contributed by atoms with Gasteiger partial charge in [-0.3, -0.25) is 19.4 Å². The highest BCUT2D eigenvalue weighted by Gasteiger charge is 2.55. The van der Waals surface area contributed by atoms with Crippen molar-refractivity contribution in [2.24, 2.45) is 0 Å². The topological polar surface area (TPSA) is 104 Å². The van der Waals surface area contributed by atoms with Crippen molar-refractivity contribution in [3.63, 3.8) is 0 Å². The molecule has 1 N–H and O–H groups in total. The number of aromatic nitrogens is 3. The zero-order chi connectivity index (χ0) is 29.1. The number of benzene rings is 2. The zero-order valence-corrected chi connectivity index (χ0v) is 24.7. The van der Waals surface area contributed by atoms with Crippen molar-refractivity contribution in [1.82, 2.24) is 35.0 Å². The first-order chi connectivity index (χ1) is 19.6. The van der Waals surface area contributed by atoms with Crippen LogP contribution in [0.15, 0.2) is 42.6 Å². The highest BCUT2D eigenvalue weighted by molar-refractivity contribution is 6.43. The Morgan fingerprint density at radius 1 is 1.05 bits per heavy atom. The first-order valence-corrected chi connectivity index (χ1v) is 14.5. The number of rotatable bonds is 5. The molecule has 6 rings (SSSR count). The van der Waals surface area contributed by atoms with Crippen LogP contribution in [-0.4, -0.2) is 79.3 Å². The largest absolute Gasteiger partial charge is 0.338 e. The Bertz CT molecular complexity index is 1550. The monoisotopic (exact) mass is 615 g/mol. The third kappa shape index (κ3) is 4.86. The third-order valence-electron chi connectivity index (χ3n) is 8.29. The van der Waals surface area contributed by atoms with E-state index in [4.69, 9.17) is 34.8 Å². The summed E-state index contributed by atoms with van der Waals surface area (Å²) in [4.78, 5) is 44.8. The number of amides is 4. The highest BCUT2D eigenvalue weighted by Crippen LogP contribution is 2.41. The fraction of sp³-hybridized carbons (Fsp3) is 0.393. The van der Waals surface area contributed by atoms with E-state index >= 15 is 0 Å². The van der Waals surface area contributed by atoms with Gasteiger partial charge in [0.25, 0.3) is 5.91 Å². The van der Waals surface area contributed by atoms with E-state index in [0.29, 0.717) is 53.2 Å². The summed E-state index contributed by atoms with van der Waals surface area (Å²) in [6.45, 7) is 5.20. The molecule has 2 aliphatic heterocycles.